The molecule has 0 aliphatic heterocycles. The highest BCUT2D eigenvalue weighted by Gasteiger charge is 2.39. The van der Waals surface area contributed by atoms with Crippen LogP contribution in [0.4, 0.5) is 0 Å². The average Bonchev–Trinajstić information content (AvgIpc) is 2.22. The lowest BCUT2D eigenvalue weighted by molar-refractivity contribution is -0.121. The molecule has 1 unspecified atom stereocenters. The second kappa shape index (κ2) is 2.71. The van der Waals surface area contributed by atoms with Gasteiger partial charge in [-0.3, -0.25) is 4.79 Å². The van der Waals surface area contributed by atoms with Crippen LogP contribution >= 0.6 is 11.6 Å². The van der Waals surface area contributed by atoms with Crippen molar-refractivity contribution in [3.63, 3.8) is 0 Å². The minimum Gasteiger partial charge on any atom is -0.294 e. The van der Waals surface area contributed by atoms with Gasteiger partial charge < -0.3 is 0 Å². The maximum absolute atomic E-state index is 11.8. The number of carbonyl (C=O) groups excluding carboxylic acids is 1. The highest BCUT2D eigenvalue weighted by molar-refractivity contribution is 6.22. The number of alkyl halides is 1. The number of allylic oxidation sites excluding steroid dienone is 4. The molecule has 2 aliphatic rings. The van der Waals surface area contributed by atoms with Crippen molar-refractivity contribution in [3.05, 3.63) is 23.3 Å². The number of halogens is 1. The van der Waals surface area contributed by atoms with E-state index < -0.39 is 0 Å². The van der Waals surface area contributed by atoms with Crippen LogP contribution in [0.2, 0.25) is 0 Å². The van der Waals surface area contributed by atoms with Gasteiger partial charge in [0.1, 0.15) is 0 Å². The van der Waals surface area contributed by atoms with Gasteiger partial charge in [-0.2, -0.15) is 0 Å². The topological polar surface area (TPSA) is 17.1 Å². The molecule has 0 bridgehead atoms. The van der Waals surface area contributed by atoms with E-state index in [0.717, 1.165) is 18.4 Å². The smallest absolute Gasteiger partial charge is 0.168 e. The highest BCUT2D eigenvalue weighted by atomic mass is 35.5. The number of hydrogen-bond acceptors (Lipinski definition) is 1. The molecule has 0 saturated heterocycles. The van der Waals surface area contributed by atoms with Gasteiger partial charge >= 0.3 is 0 Å². The maximum atomic E-state index is 11.8. The third-order valence-corrected chi connectivity index (χ3v) is 3.11. The van der Waals surface area contributed by atoms with Crippen LogP contribution in [-0.2, 0) is 4.79 Å². The van der Waals surface area contributed by atoms with E-state index in [1.165, 1.54) is 5.57 Å². The molecule has 0 radical (unpaired) electrons. The molecule has 0 heterocycles. The van der Waals surface area contributed by atoms with Gasteiger partial charge in [-0.05, 0) is 12.8 Å². The second-order valence-corrected chi connectivity index (χ2v) is 5.05. The lowest BCUT2D eigenvalue weighted by atomic mass is 9.87. The monoisotopic (exact) mass is 196 g/mol. The molecule has 0 amide bonds. The molecule has 0 aromatic carbocycles. The summed E-state index contributed by atoms with van der Waals surface area (Å²) in [5, 5.41) is 0.0837. The van der Waals surface area contributed by atoms with Crippen molar-refractivity contribution in [2.24, 2.45) is 5.41 Å². The molecule has 2 rings (SSSR count). The van der Waals surface area contributed by atoms with Gasteiger partial charge in [0.15, 0.2) is 5.78 Å². The summed E-state index contributed by atoms with van der Waals surface area (Å²) in [7, 11) is 0. The predicted octanol–water partition coefficient (Wildman–Crippen LogP) is 2.85. The van der Waals surface area contributed by atoms with Gasteiger partial charge in [-0.15, -0.1) is 11.6 Å². The fourth-order valence-corrected chi connectivity index (χ4v) is 2.37. The Labute approximate surface area is 83.5 Å². The Morgan fingerprint density at radius 1 is 1.54 bits per heavy atom. The molecule has 0 fully saturated rings. The fraction of sp³-hybridized carbons (Fsp3) is 0.545. The third kappa shape index (κ3) is 1.35. The maximum Gasteiger partial charge on any atom is 0.168 e. The van der Waals surface area contributed by atoms with Crippen molar-refractivity contribution in [1.82, 2.24) is 0 Å². The number of hydrogen-bond donors (Lipinski definition) is 0. The van der Waals surface area contributed by atoms with Crippen LogP contribution in [0, 0.1) is 5.41 Å². The summed E-state index contributed by atoms with van der Waals surface area (Å²) < 4.78 is 0. The molecule has 2 heteroatoms. The fourth-order valence-electron chi connectivity index (χ4n) is 2.11. The summed E-state index contributed by atoms with van der Waals surface area (Å²) in [6, 6.07) is 0. The molecule has 0 saturated carbocycles. The van der Waals surface area contributed by atoms with Crippen molar-refractivity contribution in [1.29, 1.82) is 0 Å². The van der Waals surface area contributed by atoms with Gasteiger partial charge in [0, 0.05) is 11.0 Å². The van der Waals surface area contributed by atoms with Crippen molar-refractivity contribution in [2.45, 2.75) is 32.1 Å². The van der Waals surface area contributed by atoms with Crippen LogP contribution < -0.4 is 0 Å². The Morgan fingerprint density at radius 3 is 2.92 bits per heavy atom. The number of carbonyl (C=O) groups is 1. The zero-order chi connectivity index (χ0) is 9.64. The van der Waals surface area contributed by atoms with Gasteiger partial charge in [0.25, 0.3) is 0 Å². The summed E-state index contributed by atoms with van der Waals surface area (Å²) in [4.78, 5) is 11.8. The summed E-state index contributed by atoms with van der Waals surface area (Å²) >= 11 is 5.99. The Morgan fingerprint density at radius 2 is 2.23 bits per heavy atom. The molecule has 0 aromatic heterocycles. The van der Waals surface area contributed by atoms with Crippen LogP contribution in [0.25, 0.3) is 0 Å². The minimum atomic E-state index is -0.198. The summed E-state index contributed by atoms with van der Waals surface area (Å²) in [6.07, 6.45) is 5.55. The first-order valence-electron chi connectivity index (χ1n) is 4.60. The first kappa shape index (κ1) is 9.01. The Hall–Kier alpha value is -0.560. The normalized spacial score (nSPS) is 31.0. The first-order chi connectivity index (χ1) is 6.00. The van der Waals surface area contributed by atoms with Gasteiger partial charge in [0.05, 0.1) is 5.38 Å². The molecule has 0 aromatic rings. The number of ketones is 1. The van der Waals surface area contributed by atoms with E-state index in [2.05, 4.69) is 0 Å². The van der Waals surface area contributed by atoms with E-state index in [-0.39, 0.29) is 16.6 Å². The highest BCUT2D eigenvalue weighted by Crippen LogP contribution is 2.42. The lowest BCUT2D eigenvalue weighted by Gasteiger charge is -2.15. The first-order valence-corrected chi connectivity index (χ1v) is 5.03. The molecule has 0 N–H and O–H groups in total. The number of rotatable bonds is 0. The molecule has 1 atom stereocenters. The summed E-state index contributed by atoms with van der Waals surface area (Å²) in [6.45, 7) is 4.01. The third-order valence-electron chi connectivity index (χ3n) is 2.81. The largest absolute Gasteiger partial charge is 0.294 e. The van der Waals surface area contributed by atoms with E-state index in [4.69, 9.17) is 11.6 Å². The standard InChI is InChI=1S/C11H13ClO/c1-11(2)6-7-5-8(12)3-4-9(7)10(11)13/h3-4,8H,5-6H2,1-2H3. The predicted molar refractivity (Wildman–Crippen MR) is 53.8 cm³/mol. The van der Waals surface area contributed by atoms with Crippen LogP contribution in [0.1, 0.15) is 26.7 Å². The molecular weight excluding hydrogens is 184 g/mol. The quantitative estimate of drug-likeness (QED) is 0.545. The summed E-state index contributed by atoms with van der Waals surface area (Å²) in [5.41, 5.74) is 1.97. The second-order valence-electron chi connectivity index (χ2n) is 4.49. The minimum absolute atomic E-state index is 0.0837. The Bertz CT molecular complexity index is 323. The van der Waals surface area contributed by atoms with E-state index >= 15 is 0 Å². The number of Topliss-reactive ketones (excluding diaryl/α,β-unsaturated/α-hetero) is 1. The SMILES string of the molecule is CC1(C)CC2=C(C=CC(Cl)C2)C1=O. The zero-order valence-corrected chi connectivity index (χ0v) is 8.69. The van der Waals surface area contributed by atoms with Crippen molar-refractivity contribution in [3.8, 4) is 0 Å². The van der Waals surface area contributed by atoms with Gasteiger partial charge in [0.2, 0.25) is 0 Å². The van der Waals surface area contributed by atoms with Crippen LogP contribution in [0.3, 0.4) is 0 Å². The van der Waals surface area contributed by atoms with E-state index in [1.54, 1.807) is 0 Å². The van der Waals surface area contributed by atoms with Crippen LogP contribution in [0.5, 0.6) is 0 Å². The van der Waals surface area contributed by atoms with E-state index in [9.17, 15) is 4.79 Å². The molecule has 1 nitrogen and oxygen atoms in total. The molecule has 0 spiro atoms. The van der Waals surface area contributed by atoms with Gasteiger partial charge in [-0.1, -0.05) is 31.6 Å². The molecular formula is C11H13ClO. The van der Waals surface area contributed by atoms with Gasteiger partial charge in [-0.25, -0.2) is 0 Å². The van der Waals surface area contributed by atoms with Crippen LogP contribution in [0.15, 0.2) is 23.3 Å². The van der Waals surface area contributed by atoms with Crippen LogP contribution in [-0.4, -0.2) is 11.2 Å². The molecule has 70 valence electrons. The molecule has 2 aliphatic carbocycles. The van der Waals surface area contributed by atoms with Crippen molar-refractivity contribution >= 4 is 17.4 Å². The Balaban J connectivity index is 2.35. The van der Waals surface area contributed by atoms with E-state index in [1.807, 2.05) is 26.0 Å². The average molecular weight is 197 g/mol. The van der Waals surface area contributed by atoms with Crippen molar-refractivity contribution in [2.75, 3.05) is 0 Å². The molecule has 13 heavy (non-hydrogen) atoms. The van der Waals surface area contributed by atoms with Crippen molar-refractivity contribution < 1.29 is 4.79 Å². The Kier molecular flexibility index (Phi) is 1.88. The summed E-state index contributed by atoms with van der Waals surface area (Å²) in [5.74, 6) is 0.280. The van der Waals surface area contributed by atoms with E-state index in [0.29, 0.717) is 0 Å². The zero-order valence-electron chi connectivity index (χ0n) is 7.93. The lowest BCUT2D eigenvalue weighted by Crippen LogP contribution is -2.18.